The molecule has 9 heteroatoms. The number of nitrogens with one attached hydrogen (secondary N) is 1. The molecule has 0 aliphatic carbocycles. The van der Waals surface area contributed by atoms with Crippen LogP contribution in [0.1, 0.15) is 22.2 Å². The molecule has 3 aromatic heterocycles. The number of thiophene rings is 1. The average molecular weight is 332 g/mol. The summed E-state index contributed by atoms with van der Waals surface area (Å²) in [7, 11) is 0. The van der Waals surface area contributed by atoms with E-state index in [0.717, 1.165) is 15.8 Å². The topological polar surface area (TPSA) is 94.8 Å². The first kappa shape index (κ1) is 15.3. The van der Waals surface area contributed by atoms with Gasteiger partial charge in [-0.15, -0.1) is 11.3 Å². The number of nitrogens with zero attached hydrogens (tertiary/aromatic N) is 5. The van der Waals surface area contributed by atoms with Crippen molar-refractivity contribution in [2.75, 3.05) is 18.5 Å². The summed E-state index contributed by atoms with van der Waals surface area (Å²) in [5, 5.41) is 8.17. The summed E-state index contributed by atoms with van der Waals surface area (Å²) in [6.45, 7) is 5.33. The zero-order valence-corrected chi connectivity index (χ0v) is 13.6. The summed E-state index contributed by atoms with van der Waals surface area (Å²) in [6, 6.07) is 0. The van der Waals surface area contributed by atoms with Crippen LogP contribution < -0.4 is 5.32 Å². The van der Waals surface area contributed by atoms with Crippen molar-refractivity contribution in [1.82, 2.24) is 24.7 Å². The van der Waals surface area contributed by atoms with Gasteiger partial charge in [-0.2, -0.15) is 5.10 Å². The fourth-order valence-corrected chi connectivity index (χ4v) is 3.28. The molecule has 0 unspecified atom stereocenters. The molecule has 0 spiro atoms. The first-order valence-electron chi connectivity index (χ1n) is 7.18. The molecule has 3 aromatic rings. The van der Waals surface area contributed by atoms with Crippen molar-refractivity contribution in [3.63, 3.8) is 0 Å². The van der Waals surface area contributed by atoms with Crippen molar-refractivity contribution >= 4 is 33.3 Å². The Morgan fingerprint density at radius 2 is 2.26 bits per heavy atom. The lowest BCUT2D eigenvalue weighted by Gasteiger charge is -2.07. The maximum Gasteiger partial charge on any atom is 0.348 e. The largest absolute Gasteiger partial charge is 0.462 e. The summed E-state index contributed by atoms with van der Waals surface area (Å²) < 4.78 is 6.82. The van der Waals surface area contributed by atoms with Gasteiger partial charge in [0.15, 0.2) is 0 Å². The van der Waals surface area contributed by atoms with E-state index in [1.165, 1.54) is 24.0 Å². The Morgan fingerprint density at radius 3 is 3.00 bits per heavy atom. The van der Waals surface area contributed by atoms with Crippen LogP contribution in [0.15, 0.2) is 19.0 Å². The number of aromatic nitrogens is 5. The molecule has 0 radical (unpaired) electrons. The third-order valence-corrected chi connectivity index (χ3v) is 4.47. The fraction of sp³-hybridized carbons (Fsp3) is 0.357. The minimum absolute atomic E-state index is 0.318. The first-order chi connectivity index (χ1) is 11.2. The molecule has 120 valence electrons. The smallest absolute Gasteiger partial charge is 0.348 e. The van der Waals surface area contributed by atoms with E-state index in [4.69, 9.17) is 4.74 Å². The van der Waals surface area contributed by atoms with Gasteiger partial charge < -0.3 is 10.1 Å². The lowest BCUT2D eigenvalue weighted by Crippen LogP contribution is -2.12. The lowest BCUT2D eigenvalue weighted by atomic mass is 10.2. The molecule has 3 rings (SSSR count). The number of aryl methyl sites for hydroxylation is 1. The second-order valence-corrected chi connectivity index (χ2v) is 5.76. The molecule has 0 aliphatic heterocycles. The fourth-order valence-electron chi connectivity index (χ4n) is 2.23. The van der Waals surface area contributed by atoms with Gasteiger partial charge in [0, 0.05) is 6.54 Å². The lowest BCUT2D eigenvalue weighted by molar-refractivity contribution is 0.0531. The summed E-state index contributed by atoms with van der Waals surface area (Å²) in [6.07, 6.45) is 4.65. The van der Waals surface area contributed by atoms with Gasteiger partial charge >= 0.3 is 5.97 Å². The Morgan fingerprint density at radius 1 is 1.39 bits per heavy atom. The van der Waals surface area contributed by atoms with Crippen LogP contribution in [0.25, 0.3) is 10.2 Å². The van der Waals surface area contributed by atoms with Crippen LogP contribution in [0, 0.1) is 6.92 Å². The van der Waals surface area contributed by atoms with Crippen LogP contribution in [-0.2, 0) is 11.3 Å². The zero-order valence-electron chi connectivity index (χ0n) is 12.8. The predicted molar refractivity (Wildman–Crippen MR) is 86.6 cm³/mol. The van der Waals surface area contributed by atoms with Gasteiger partial charge in [-0.1, -0.05) is 0 Å². The number of carbonyl (C=O) groups excluding carboxylic acids is 1. The van der Waals surface area contributed by atoms with E-state index in [9.17, 15) is 4.79 Å². The zero-order chi connectivity index (χ0) is 16.2. The van der Waals surface area contributed by atoms with Gasteiger partial charge in [0.05, 0.1) is 18.5 Å². The van der Waals surface area contributed by atoms with Crippen LogP contribution in [-0.4, -0.2) is 43.9 Å². The normalized spacial score (nSPS) is 10.9. The number of esters is 1. The first-order valence-corrected chi connectivity index (χ1v) is 7.99. The van der Waals surface area contributed by atoms with Crippen LogP contribution in [0.4, 0.5) is 5.82 Å². The number of rotatable bonds is 6. The molecule has 0 aromatic carbocycles. The monoisotopic (exact) mass is 332 g/mol. The van der Waals surface area contributed by atoms with Gasteiger partial charge in [-0.25, -0.2) is 19.7 Å². The molecule has 3 heterocycles. The molecule has 0 saturated heterocycles. The van der Waals surface area contributed by atoms with Crippen molar-refractivity contribution in [2.45, 2.75) is 20.4 Å². The highest BCUT2D eigenvalue weighted by Gasteiger charge is 2.19. The van der Waals surface area contributed by atoms with E-state index >= 15 is 0 Å². The molecular formula is C14H16N6O2S. The Balaban J connectivity index is 1.84. The highest BCUT2D eigenvalue weighted by Crippen LogP contribution is 2.33. The van der Waals surface area contributed by atoms with Gasteiger partial charge in [-0.3, -0.25) is 4.68 Å². The molecule has 8 nitrogen and oxygen atoms in total. The minimum Gasteiger partial charge on any atom is -0.462 e. The molecule has 0 aliphatic rings. The number of hydrogen-bond donors (Lipinski definition) is 1. The molecular weight excluding hydrogens is 316 g/mol. The highest BCUT2D eigenvalue weighted by molar-refractivity contribution is 7.20. The van der Waals surface area contributed by atoms with Crippen LogP contribution >= 0.6 is 11.3 Å². The maximum atomic E-state index is 12.0. The minimum atomic E-state index is -0.318. The molecule has 0 bridgehead atoms. The van der Waals surface area contributed by atoms with Crippen molar-refractivity contribution in [2.24, 2.45) is 0 Å². The van der Waals surface area contributed by atoms with Gasteiger partial charge in [0.1, 0.15) is 34.5 Å². The van der Waals surface area contributed by atoms with Gasteiger partial charge in [-0.05, 0) is 19.4 Å². The summed E-state index contributed by atoms with van der Waals surface area (Å²) in [5.74, 6) is 0.390. The molecule has 23 heavy (non-hydrogen) atoms. The van der Waals surface area contributed by atoms with Crippen LogP contribution in [0.5, 0.6) is 0 Å². The van der Waals surface area contributed by atoms with Crippen molar-refractivity contribution in [3.05, 3.63) is 29.4 Å². The molecule has 0 atom stereocenters. The third kappa shape index (κ3) is 3.14. The SMILES string of the molecule is CCOC(=O)c1sc2ncnc(NCCn3cncn3)c2c1C. The Hall–Kier alpha value is -2.55. The highest BCUT2D eigenvalue weighted by atomic mass is 32.1. The molecule has 1 N–H and O–H groups in total. The number of fused-ring (bicyclic) bond motifs is 1. The second kappa shape index (κ2) is 6.69. The average Bonchev–Trinajstić information content (AvgIpc) is 3.16. The van der Waals surface area contributed by atoms with E-state index < -0.39 is 0 Å². The predicted octanol–water partition coefficient (Wildman–Crippen LogP) is 1.88. The van der Waals surface area contributed by atoms with Crippen LogP contribution in [0.2, 0.25) is 0 Å². The quantitative estimate of drug-likeness (QED) is 0.689. The van der Waals surface area contributed by atoms with E-state index in [1.807, 2.05) is 6.92 Å². The number of carbonyl (C=O) groups is 1. The Bertz CT molecular complexity index is 814. The van der Waals surface area contributed by atoms with Gasteiger partial charge in [0.25, 0.3) is 0 Å². The van der Waals surface area contributed by atoms with E-state index in [2.05, 4.69) is 25.4 Å². The van der Waals surface area contributed by atoms with E-state index in [0.29, 0.717) is 30.4 Å². The molecule has 0 saturated carbocycles. The number of anilines is 1. The molecule has 0 fully saturated rings. The third-order valence-electron chi connectivity index (χ3n) is 3.29. The Labute approximate surface area is 136 Å². The van der Waals surface area contributed by atoms with E-state index in [-0.39, 0.29) is 5.97 Å². The molecule has 0 amide bonds. The second-order valence-electron chi connectivity index (χ2n) is 4.76. The van der Waals surface area contributed by atoms with Crippen molar-refractivity contribution < 1.29 is 9.53 Å². The summed E-state index contributed by atoms with van der Waals surface area (Å²) in [5.41, 5.74) is 0.840. The number of ether oxygens (including phenoxy) is 1. The Kier molecular flexibility index (Phi) is 4.47. The maximum absolute atomic E-state index is 12.0. The van der Waals surface area contributed by atoms with Crippen LogP contribution in [0.3, 0.4) is 0 Å². The van der Waals surface area contributed by atoms with Crippen molar-refractivity contribution in [1.29, 1.82) is 0 Å². The standard InChI is InChI=1S/C14H16N6O2S/c1-3-22-14(21)11-9(2)10-12(17-7-18-13(10)23-11)16-4-5-20-8-15-6-19-20/h6-8H,3-5H2,1-2H3,(H,16,17,18). The number of hydrogen-bond acceptors (Lipinski definition) is 8. The van der Waals surface area contributed by atoms with Gasteiger partial charge in [0.2, 0.25) is 0 Å². The van der Waals surface area contributed by atoms with E-state index in [1.54, 1.807) is 17.9 Å². The summed E-state index contributed by atoms with van der Waals surface area (Å²) >= 11 is 1.32. The summed E-state index contributed by atoms with van der Waals surface area (Å²) in [4.78, 5) is 25.8. The van der Waals surface area contributed by atoms with Crippen molar-refractivity contribution in [3.8, 4) is 0 Å².